The Morgan fingerprint density at radius 3 is 2.82 bits per heavy atom. The van der Waals surface area contributed by atoms with Crippen LogP contribution in [0.25, 0.3) is 11.0 Å². The van der Waals surface area contributed by atoms with Gasteiger partial charge in [-0.15, -0.1) is 0 Å². The van der Waals surface area contributed by atoms with Crippen LogP contribution >= 0.6 is 0 Å². The minimum absolute atomic E-state index is 0.0317. The average Bonchev–Trinajstić information content (AvgIpc) is 3.16. The molecule has 3 aromatic rings. The molecule has 0 aliphatic carbocycles. The Bertz CT molecular complexity index is 1100. The number of H-pyrrole nitrogens is 1. The van der Waals surface area contributed by atoms with Gasteiger partial charge < -0.3 is 9.88 Å². The monoisotopic (exact) mass is 402 g/mol. The largest absolute Gasteiger partial charge is 0.369 e. The predicted molar refractivity (Wildman–Crippen MR) is 107 cm³/mol. The highest BCUT2D eigenvalue weighted by atomic mass is 32.2. The van der Waals surface area contributed by atoms with Crippen LogP contribution in [0.5, 0.6) is 0 Å². The highest BCUT2D eigenvalue weighted by Gasteiger charge is 2.37. The number of pyridine rings is 1. The lowest BCUT2D eigenvalue weighted by molar-refractivity contribution is 0.247. The third-order valence-electron chi connectivity index (χ3n) is 5.65. The zero-order valence-electron chi connectivity index (χ0n) is 15.8. The molecule has 0 bridgehead atoms. The number of nitrogens with zero attached hydrogens (tertiary/aromatic N) is 3. The molecule has 1 aromatic carbocycles. The first-order valence-electron chi connectivity index (χ1n) is 9.29. The summed E-state index contributed by atoms with van der Waals surface area (Å²) in [5.41, 5.74) is 1.79. The number of halogens is 1. The minimum Gasteiger partial charge on any atom is -0.369 e. The van der Waals surface area contributed by atoms with Gasteiger partial charge in [-0.1, -0.05) is 19.1 Å². The second kappa shape index (κ2) is 7.18. The Kier molecular flexibility index (Phi) is 4.84. The summed E-state index contributed by atoms with van der Waals surface area (Å²) in [5.74, 6) is -0.423. The number of piperidine rings is 1. The van der Waals surface area contributed by atoms with Crippen LogP contribution in [0.2, 0.25) is 0 Å². The van der Waals surface area contributed by atoms with Gasteiger partial charge in [0.15, 0.2) is 0 Å². The van der Waals surface area contributed by atoms with Gasteiger partial charge in [-0.25, -0.2) is 17.8 Å². The summed E-state index contributed by atoms with van der Waals surface area (Å²) in [4.78, 5) is 9.28. The smallest absolute Gasteiger partial charge is 0.246 e. The molecule has 1 aliphatic rings. The van der Waals surface area contributed by atoms with Gasteiger partial charge in [0, 0.05) is 49.6 Å². The number of anilines is 1. The van der Waals surface area contributed by atoms with Gasteiger partial charge in [0.05, 0.1) is 0 Å². The van der Waals surface area contributed by atoms with Crippen LogP contribution in [0.15, 0.2) is 53.7 Å². The van der Waals surface area contributed by atoms with Crippen molar-refractivity contribution in [2.75, 3.05) is 25.0 Å². The Balaban J connectivity index is 1.65. The van der Waals surface area contributed by atoms with E-state index in [9.17, 15) is 12.8 Å². The first-order chi connectivity index (χ1) is 13.4. The van der Waals surface area contributed by atoms with E-state index in [0.29, 0.717) is 25.4 Å². The van der Waals surface area contributed by atoms with Gasteiger partial charge in [0.1, 0.15) is 16.4 Å². The van der Waals surface area contributed by atoms with Crippen LogP contribution in [0.1, 0.15) is 13.3 Å². The van der Waals surface area contributed by atoms with E-state index in [-0.39, 0.29) is 10.9 Å². The van der Waals surface area contributed by atoms with Gasteiger partial charge in [0.25, 0.3) is 0 Å². The predicted octanol–water partition coefficient (Wildman–Crippen LogP) is 3.24. The molecule has 148 valence electrons. The van der Waals surface area contributed by atoms with Crippen molar-refractivity contribution in [2.24, 2.45) is 5.92 Å². The van der Waals surface area contributed by atoms with Crippen molar-refractivity contribution in [1.82, 2.24) is 14.3 Å². The molecule has 1 saturated heterocycles. The second-order valence-corrected chi connectivity index (χ2v) is 9.21. The Morgan fingerprint density at radius 1 is 1.25 bits per heavy atom. The Morgan fingerprint density at radius 2 is 2.04 bits per heavy atom. The molecule has 3 heterocycles. The number of benzene rings is 1. The fourth-order valence-electron chi connectivity index (χ4n) is 3.97. The highest BCUT2D eigenvalue weighted by Crippen LogP contribution is 2.32. The van der Waals surface area contributed by atoms with Gasteiger partial charge in [0.2, 0.25) is 10.0 Å². The van der Waals surface area contributed by atoms with Crippen molar-refractivity contribution in [2.45, 2.75) is 24.3 Å². The number of aromatic nitrogens is 2. The summed E-state index contributed by atoms with van der Waals surface area (Å²) in [6.45, 7) is 2.82. The van der Waals surface area contributed by atoms with E-state index in [4.69, 9.17) is 0 Å². The molecule has 1 N–H and O–H groups in total. The average molecular weight is 402 g/mol. The van der Waals surface area contributed by atoms with E-state index in [1.54, 1.807) is 12.3 Å². The lowest BCUT2D eigenvalue weighted by Gasteiger charge is -2.42. The summed E-state index contributed by atoms with van der Waals surface area (Å²) >= 11 is 0. The second-order valence-electron chi connectivity index (χ2n) is 7.31. The van der Waals surface area contributed by atoms with Crippen LogP contribution in [0, 0.1) is 11.7 Å². The number of sulfonamides is 1. The SMILES string of the molecule is CC1CCN(S(=O)(=O)c2ccccc2F)CC1N(C)c1ccnc2[nH]ccc12. The number of rotatable bonds is 4. The summed E-state index contributed by atoms with van der Waals surface area (Å²) < 4.78 is 41.6. The third-order valence-corrected chi connectivity index (χ3v) is 7.55. The molecule has 0 amide bonds. The molecular formula is C20H23FN4O2S. The standard InChI is InChI=1S/C20H23FN4O2S/c1-14-9-12-25(28(26,27)19-6-4-3-5-16(19)21)13-18(14)24(2)17-8-11-23-20-15(17)7-10-22-20/h3-8,10-11,14,18H,9,12-13H2,1-2H3,(H,22,23). The minimum atomic E-state index is -3.88. The van der Waals surface area contributed by atoms with E-state index in [2.05, 4.69) is 21.8 Å². The fraction of sp³-hybridized carbons (Fsp3) is 0.350. The molecule has 1 fully saturated rings. The van der Waals surface area contributed by atoms with E-state index in [1.165, 1.54) is 22.5 Å². The zero-order valence-corrected chi connectivity index (χ0v) is 16.7. The van der Waals surface area contributed by atoms with Gasteiger partial charge >= 0.3 is 0 Å². The number of aromatic amines is 1. The summed E-state index contributed by atoms with van der Waals surface area (Å²) in [7, 11) is -1.91. The van der Waals surface area contributed by atoms with Crippen molar-refractivity contribution in [3.8, 4) is 0 Å². The van der Waals surface area contributed by atoms with Crippen LogP contribution in [0.3, 0.4) is 0 Å². The number of fused-ring (bicyclic) bond motifs is 1. The van der Waals surface area contributed by atoms with Crippen LogP contribution < -0.4 is 4.90 Å². The third kappa shape index (κ3) is 3.16. The quantitative estimate of drug-likeness (QED) is 0.727. The van der Waals surface area contributed by atoms with Gasteiger partial charge in [-0.05, 0) is 36.6 Å². The lowest BCUT2D eigenvalue weighted by Crippen LogP contribution is -2.52. The van der Waals surface area contributed by atoms with Crippen molar-refractivity contribution in [1.29, 1.82) is 0 Å². The van der Waals surface area contributed by atoms with E-state index in [0.717, 1.165) is 16.7 Å². The first-order valence-corrected chi connectivity index (χ1v) is 10.7. The van der Waals surface area contributed by atoms with Crippen molar-refractivity contribution >= 4 is 26.7 Å². The number of hydrogen-bond donors (Lipinski definition) is 1. The molecule has 6 nitrogen and oxygen atoms in total. The van der Waals surface area contributed by atoms with Crippen molar-refractivity contribution in [3.05, 3.63) is 54.6 Å². The molecule has 0 spiro atoms. The van der Waals surface area contributed by atoms with Crippen LogP contribution in [0.4, 0.5) is 10.1 Å². The summed E-state index contributed by atoms with van der Waals surface area (Å²) in [6.07, 6.45) is 4.30. The first kappa shape index (κ1) is 18.9. The number of hydrogen-bond acceptors (Lipinski definition) is 4. The molecule has 0 saturated carbocycles. The maximum Gasteiger partial charge on any atom is 0.246 e. The van der Waals surface area contributed by atoms with Crippen LogP contribution in [-0.4, -0.2) is 48.9 Å². The molecule has 2 aromatic heterocycles. The normalized spacial score (nSPS) is 21.1. The van der Waals surface area contributed by atoms with Crippen molar-refractivity contribution in [3.63, 3.8) is 0 Å². The lowest BCUT2D eigenvalue weighted by atomic mass is 9.93. The summed E-state index contributed by atoms with van der Waals surface area (Å²) in [5, 5.41) is 0.992. The molecule has 8 heteroatoms. The van der Waals surface area contributed by atoms with Gasteiger partial charge in [-0.2, -0.15) is 4.31 Å². The fourth-order valence-corrected chi connectivity index (χ4v) is 5.51. The zero-order chi connectivity index (χ0) is 19.9. The molecule has 1 aliphatic heterocycles. The molecule has 0 radical (unpaired) electrons. The topological polar surface area (TPSA) is 69.3 Å². The molecule has 2 unspecified atom stereocenters. The highest BCUT2D eigenvalue weighted by molar-refractivity contribution is 7.89. The van der Waals surface area contributed by atoms with Crippen molar-refractivity contribution < 1.29 is 12.8 Å². The number of likely N-dealkylation sites (N-methyl/N-ethyl adjacent to an activating group) is 1. The van der Waals surface area contributed by atoms with Crippen LogP contribution in [-0.2, 0) is 10.0 Å². The number of nitrogens with one attached hydrogen (secondary N) is 1. The molecule has 28 heavy (non-hydrogen) atoms. The maximum absolute atomic E-state index is 14.1. The summed E-state index contributed by atoms with van der Waals surface area (Å²) in [6, 6.07) is 9.43. The van der Waals surface area contributed by atoms with E-state index >= 15 is 0 Å². The maximum atomic E-state index is 14.1. The van der Waals surface area contributed by atoms with E-state index < -0.39 is 15.8 Å². The molecule has 2 atom stereocenters. The molecule has 4 rings (SSSR count). The Labute approximate surface area is 164 Å². The van der Waals surface area contributed by atoms with E-state index in [1.807, 2.05) is 25.4 Å². The Hall–Kier alpha value is -2.45. The van der Waals surface area contributed by atoms with Gasteiger partial charge in [-0.3, -0.25) is 0 Å². The molecular weight excluding hydrogens is 379 g/mol.